The summed E-state index contributed by atoms with van der Waals surface area (Å²) in [6, 6.07) is 12.1. The van der Waals surface area contributed by atoms with E-state index in [9.17, 15) is 18.8 Å². The van der Waals surface area contributed by atoms with Gasteiger partial charge in [0.25, 0.3) is 5.91 Å². The Labute approximate surface area is 173 Å². The zero-order valence-electron chi connectivity index (χ0n) is 16.6. The smallest absolute Gasteiger partial charge is 0.266 e. The third kappa shape index (κ3) is 4.25. The molecule has 30 heavy (non-hydrogen) atoms. The second-order valence-electron chi connectivity index (χ2n) is 7.69. The minimum Gasteiger partial charge on any atom is -0.307 e. The lowest BCUT2D eigenvalue weighted by Crippen LogP contribution is -2.43. The monoisotopic (exact) mass is 407 g/mol. The van der Waals surface area contributed by atoms with Crippen molar-refractivity contribution in [2.24, 2.45) is 5.92 Å². The van der Waals surface area contributed by atoms with Crippen LogP contribution < -0.4 is 15.8 Å². The van der Waals surface area contributed by atoms with Gasteiger partial charge in [-0.3, -0.25) is 25.2 Å². The molecule has 0 saturated heterocycles. The van der Waals surface area contributed by atoms with Gasteiger partial charge < -0.3 is 4.90 Å². The first-order valence-corrected chi connectivity index (χ1v) is 9.87. The number of rotatable bonds is 4. The summed E-state index contributed by atoms with van der Waals surface area (Å²) in [5.74, 6) is -1.38. The molecule has 2 N–H and O–H groups in total. The average Bonchev–Trinajstić information content (AvgIpc) is 3.58. The van der Waals surface area contributed by atoms with E-state index in [1.54, 1.807) is 36.1 Å². The van der Waals surface area contributed by atoms with E-state index in [-0.39, 0.29) is 42.1 Å². The first-order valence-electron chi connectivity index (χ1n) is 9.87. The van der Waals surface area contributed by atoms with E-state index >= 15 is 0 Å². The molecule has 0 spiro atoms. The highest BCUT2D eigenvalue weighted by Gasteiger charge is 2.31. The first kappa shape index (κ1) is 19.8. The number of para-hydroxylation sites is 1. The predicted molar refractivity (Wildman–Crippen MR) is 110 cm³/mol. The van der Waals surface area contributed by atoms with Gasteiger partial charge in [0.05, 0.1) is 18.7 Å². The summed E-state index contributed by atoms with van der Waals surface area (Å²) < 4.78 is 14.0. The number of benzene rings is 2. The number of anilines is 1. The molecule has 6 nitrogen and oxygen atoms in total. The van der Waals surface area contributed by atoms with E-state index in [1.165, 1.54) is 6.07 Å². The second-order valence-corrected chi connectivity index (χ2v) is 7.69. The number of amides is 3. The van der Waals surface area contributed by atoms with Crippen molar-refractivity contribution >= 4 is 29.5 Å². The Kier molecular flexibility index (Phi) is 5.35. The number of carbonyl (C=O) groups excluding carboxylic acids is 3. The van der Waals surface area contributed by atoms with Crippen LogP contribution in [-0.4, -0.2) is 17.7 Å². The average molecular weight is 407 g/mol. The SMILES string of the molecule is Cc1ccc(CN2C(=O)CC(C(=O)NNC(=O)C3CC3)=Cc3ccccc32)cc1F. The normalized spacial score (nSPS) is 15.7. The van der Waals surface area contributed by atoms with Crippen LogP contribution in [0.25, 0.3) is 6.08 Å². The van der Waals surface area contributed by atoms with Gasteiger partial charge in [-0.25, -0.2) is 4.39 Å². The van der Waals surface area contributed by atoms with Crippen LogP contribution in [-0.2, 0) is 20.9 Å². The van der Waals surface area contributed by atoms with Gasteiger partial charge in [0.15, 0.2) is 0 Å². The zero-order valence-corrected chi connectivity index (χ0v) is 16.6. The van der Waals surface area contributed by atoms with Crippen molar-refractivity contribution in [2.75, 3.05) is 4.90 Å². The summed E-state index contributed by atoms with van der Waals surface area (Å²) in [7, 11) is 0. The van der Waals surface area contributed by atoms with Gasteiger partial charge in [-0.05, 0) is 54.7 Å². The van der Waals surface area contributed by atoms with Gasteiger partial charge in [0, 0.05) is 11.5 Å². The summed E-state index contributed by atoms with van der Waals surface area (Å²) in [4.78, 5) is 38.9. The Hall–Kier alpha value is -3.48. The minimum absolute atomic E-state index is 0.0406. The van der Waals surface area contributed by atoms with E-state index in [1.807, 2.05) is 18.2 Å². The third-order valence-electron chi connectivity index (χ3n) is 5.32. The summed E-state index contributed by atoms with van der Waals surface area (Å²) in [6.07, 6.45) is 3.17. The lowest BCUT2D eigenvalue weighted by Gasteiger charge is -2.23. The molecule has 2 aliphatic rings. The molecule has 2 aromatic rings. The van der Waals surface area contributed by atoms with Crippen molar-refractivity contribution in [3.05, 3.63) is 70.5 Å². The van der Waals surface area contributed by atoms with Gasteiger partial charge >= 0.3 is 0 Å². The molecule has 7 heteroatoms. The Morgan fingerprint density at radius 1 is 1.13 bits per heavy atom. The molecule has 0 aromatic heterocycles. The van der Waals surface area contributed by atoms with E-state index in [0.29, 0.717) is 22.4 Å². The Balaban J connectivity index is 1.56. The summed E-state index contributed by atoms with van der Waals surface area (Å²) in [6.45, 7) is 1.87. The van der Waals surface area contributed by atoms with Gasteiger partial charge in [0.1, 0.15) is 5.82 Å². The highest BCUT2D eigenvalue weighted by Crippen LogP contribution is 2.30. The lowest BCUT2D eigenvalue weighted by atomic mass is 10.1. The van der Waals surface area contributed by atoms with E-state index in [0.717, 1.165) is 12.8 Å². The molecule has 1 aliphatic carbocycles. The molecular formula is C23H22FN3O3. The number of nitrogens with one attached hydrogen (secondary N) is 2. The molecule has 1 heterocycles. The van der Waals surface area contributed by atoms with Gasteiger partial charge in [0.2, 0.25) is 11.8 Å². The summed E-state index contributed by atoms with van der Waals surface area (Å²) >= 11 is 0. The molecule has 1 aliphatic heterocycles. The number of hydrazine groups is 1. The number of fused-ring (bicyclic) bond motifs is 1. The van der Waals surface area contributed by atoms with Crippen molar-refractivity contribution in [3.8, 4) is 0 Å². The van der Waals surface area contributed by atoms with Gasteiger partial charge in [-0.1, -0.05) is 30.3 Å². The van der Waals surface area contributed by atoms with Crippen molar-refractivity contribution in [2.45, 2.75) is 32.7 Å². The van der Waals surface area contributed by atoms with Crippen LogP contribution in [0, 0.1) is 18.7 Å². The number of halogens is 1. The Morgan fingerprint density at radius 2 is 1.90 bits per heavy atom. The number of hydrogen-bond donors (Lipinski definition) is 2. The molecule has 0 radical (unpaired) electrons. The maximum Gasteiger partial charge on any atom is 0.266 e. The molecule has 4 rings (SSSR count). The molecule has 154 valence electrons. The Morgan fingerprint density at radius 3 is 2.63 bits per heavy atom. The topological polar surface area (TPSA) is 78.5 Å². The van der Waals surface area contributed by atoms with Crippen molar-refractivity contribution in [1.82, 2.24) is 10.9 Å². The van der Waals surface area contributed by atoms with Crippen molar-refractivity contribution in [3.63, 3.8) is 0 Å². The van der Waals surface area contributed by atoms with Crippen molar-refractivity contribution in [1.29, 1.82) is 0 Å². The quantitative estimate of drug-likeness (QED) is 0.765. The van der Waals surface area contributed by atoms with Crippen LogP contribution in [0.1, 0.15) is 36.0 Å². The largest absolute Gasteiger partial charge is 0.307 e. The maximum absolute atomic E-state index is 14.0. The van der Waals surface area contributed by atoms with E-state index in [2.05, 4.69) is 10.9 Å². The maximum atomic E-state index is 14.0. The molecular weight excluding hydrogens is 385 g/mol. The molecule has 0 atom stereocenters. The molecule has 0 bridgehead atoms. The number of carbonyl (C=O) groups is 3. The third-order valence-corrected chi connectivity index (χ3v) is 5.32. The standard InChI is InChI=1S/C23H22FN3O3/c1-14-6-7-15(10-19(14)24)13-27-20-5-3-2-4-17(20)11-18(12-21(27)28)23(30)26-25-22(29)16-8-9-16/h2-7,10-11,16H,8-9,12-13H2,1H3,(H,25,29)(H,26,30). The van der Waals surface area contributed by atoms with Crippen LogP contribution in [0.3, 0.4) is 0 Å². The number of aryl methyl sites for hydroxylation is 1. The summed E-state index contributed by atoms with van der Waals surface area (Å²) in [5, 5.41) is 0. The fourth-order valence-electron chi connectivity index (χ4n) is 3.37. The zero-order chi connectivity index (χ0) is 21.3. The second kappa shape index (κ2) is 8.10. The number of nitrogens with zero attached hydrogens (tertiary/aromatic N) is 1. The molecule has 2 aromatic carbocycles. The van der Waals surface area contributed by atoms with Crippen molar-refractivity contribution < 1.29 is 18.8 Å². The number of hydrogen-bond acceptors (Lipinski definition) is 3. The molecule has 0 unspecified atom stereocenters. The molecule has 3 amide bonds. The van der Waals surface area contributed by atoms with E-state index < -0.39 is 5.91 Å². The van der Waals surface area contributed by atoms with Crippen LogP contribution >= 0.6 is 0 Å². The van der Waals surface area contributed by atoms with Crippen LogP contribution in [0.4, 0.5) is 10.1 Å². The van der Waals surface area contributed by atoms with Gasteiger partial charge in [-0.15, -0.1) is 0 Å². The lowest BCUT2D eigenvalue weighted by molar-refractivity contribution is -0.128. The predicted octanol–water partition coefficient (Wildman–Crippen LogP) is 3.01. The van der Waals surface area contributed by atoms with E-state index in [4.69, 9.17) is 0 Å². The van der Waals surface area contributed by atoms with Crippen LogP contribution in [0.5, 0.6) is 0 Å². The van der Waals surface area contributed by atoms with Crippen LogP contribution in [0.2, 0.25) is 0 Å². The fourth-order valence-corrected chi connectivity index (χ4v) is 3.37. The van der Waals surface area contributed by atoms with Gasteiger partial charge in [-0.2, -0.15) is 0 Å². The minimum atomic E-state index is -0.518. The summed E-state index contributed by atoms with van der Waals surface area (Å²) in [5.41, 5.74) is 7.62. The molecule has 1 fully saturated rings. The Bertz CT molecular complexity index is 1060. The first-order chi connectivity index (χ1) is 14.4. The fraction of sp³-hybridized carbons (Fsp3) is 0.261. The molecule has 1 saturated carbocycles. The van der Waals surface area contributed by atoms with Crippen LogP contribution in [0.15, 0.2) is 48.0 Å². The highest BCUT2D eigenvalue weighted by atomic mass is 19.1. The highest BCUT2D eigenvalue weighted by molar-refractivity contribution is 6.09.